The van der Waals surface area contributed by atoms with Crippen LogP contribution in [0, 0.1) is 11.7 Å². The number of H-pyrrole nitrogens is 1. The first-order valence-corrected chi connectivity index (χ1v) is 3.94. The van der Waals surface area contributed by atoms with Crippen molar-refractivity contribution in [3.8, 4) is 0 Å². The van der Waals surface area contributed by atoms with Crippen molar-refractivity contribution < 1.29 is 5.11 Å². The summed E-state index contributed by atoms with van der Waals surface area (Å²) in [5, 5.41) is 8.96. The summed E-state index contributed by atoms with van der Waals surface area (Å²) in [7, 11) is 0. The highest BCUT2D eigenvalue weighted by molar-refractivity contribution is 7.71. The normalized spacial score (nSPS) is 11.7. The Kier molecular flexibility index (Phi) is 2.60. The largest absolute Gasteiger partial charge is 0.513 e. The molecule has 0 unspecified atom stereocenters. The van der Waals surface area contributed by atoms with E-state index in [1.165, 1.54) is 0 Å². The van der Waals surface area contributed by atoms with Gasteiger partial charge in [-0.25, -0.2) is 4.98 Å². The highest BCUT2D eigenvalue weighted by Crippen LogP contribution is 2.02. The molecule has 0 aliphatic rings. The summed E-state index contributed by atoms with van der Waals surface area (Å²) < 4.78 is 0.433. The van der Waals surface area contributed by atoms with E-state index in [2.05, 4.69) is 9.97 Å². The first-order valence-electron chi connectivity index (χ1n) is 3.53. The zero-order valence-electron chi connectivity index (χ0n) is 6.96. The van der Waals surface area contributed by atoms with Crippen molar-refractivity contribution in [2.75, 3.05) is 0 Å². The number of nitrogens with one attached hydrogen (secondary N) is 1. The van der Waals surface area contributed by atoms with Crippen LogP contribution >= 0.6 is 12.2 Å². The third-order valence-electron chi connectivity index (χ3n) is 1.26. The molecule has 1 rings (SSSR count). The molecule has 1 aromatic rings. The van der Waals surface area contributed by atoms with E-state index < -0.39 is 0 Å². The van der Waals surface area contributed by atoms with E-state index in [1.807, 2.05) is 13.0 Å². The second-order valence-electron chi connectivity index (χ2n) is 2.58. The van der Waals surface area contributed by atoms with Crippen molar-refractivity contribution in [2.24, 2.45) is 0 Å². The molecule has 1 aromatic heterocycles. The molecule has 0 spiro atoms. The van der Waals surface area contributed by atoms with Gasteiger partial charge < -0.3 is 10.1 Å². The zero-order valence-corrected chi connectivity index (χ0v) is 7.77. The molecule has 1 heterocycles. The van der Waals surface area contributed by atoms with Crippen molar-refractivity contribution in [1.82, 2.24) is 9.97 Å². The SMILES string of the molecule is CC(O)=Cc1cc(C)[nH]c(=S)n1. The van der Waals surface area contributed by atoms with Gasteiger partial charge in [0, 0.05) is 11.8 Å². The molecule has 0 fully saturated rings. The lowest BCUT2D eigenvalue weighted by Crippen LogP contribution is -1.89. The number of aromatic nitrogens is 2. The third-order valence-corrected chi connectivity index (χ3v) is 1.45. The van der Waals surface area contributed by atoms with Crippen LogP contribution in [0.2, 0.25) is 0 Å². The van der Waals surface area contributed by atoms with Crippen molar-refractivity contribution >= 4 is 18.3 Å². The van der Waals surface area contributed by atoms with Gasteiger partial charge in [0.2, 0.25) is 0 Å². The van der Waals surface area contributed by atoms with Crippen molar-refractivity contribution in [3.63, 3.8) is 0 Å². The van der Waals surface area contributed by atoms with Crippen LogP contribution in [0.1, 0.15) is 18.3 Å². The molecule has 0 saturated heterocycles. The van der Waals surface area contributed by atoms with Crippen LogP contribution < -0.4 is 0 Å². The predicted octanol–water partition coefficient (Wildman–Crippen LogP) is 2.37. The number of nitrogens with zero attached hydrogens (tertiary/aromatic N) is 1. The fourth-order valence-corrected chi connectivity index (χ4v) is 1.16. The molecular weight excluding hydrogens is 172 g/mol. The molecule has 4 heteroatoms. The number of aliphatic hydroxyl groups is 1. The molecule has 12 heavy (non-hydrogen) atoms. The summed E-state index contributed by atoms with van der Waals surface area (Å²) in [5.41, 5.74) is 1.61. The van der Waals surface area contributed by atoms with Gasteiger partial charge in [-0.1, -0.05) is 0 Å². The average molecular weight is 182 g/mol. The minimum Gasteiger partial charge on any atom is -0.513 e. The van der Waals surface area contributed by atoms with Crippen LogP contribution in [0.4, 0.5) is 0 Å². The van der Waals surface area contributed by atoms with Gasteiger partial charge in [-0.15, -0.1) is 0 Å². The average Bonchev–Trinajstić information content (AvgIpc) is 1.81. The lowest BCUT2D eigenvalue weighted by molar-refractivity contribution is 0.419. The maximum atomic E-state index is 8.96. The smallest absolute Gasteiger partial charge is 0.197 e. The molecule has 0 aliphatic heterocycles. The molecule has 0 aliphatic carbocycles. The molecule has 2 N–H and O–H groups in total. The van der Waals surface area contributed by atoms with Crippen molar-refractivity contribution in [1.29, 1.82) is 0 Å². The highest BCUT2D eigenvalue weighted by Gasteiger charge is 1.92. The van der Waals surface area contributed by atoms with E-state index in [1.54, 1.807) is 13.0 Å². The van der Waals surface area contributed by atoms with Crippen LogP contribution in [0.25, 0.3) is 6.08 Å². The second kappa shape index (κ2) is 3.49. The number of hydrogen-bond acceptors (Lipinski definition) is 3. The Labute approximate surface area is 75.8 Å². The molecule has 0 bridgehead atoms. The van der Waals surface area contributed by atoms with Crippen LogP contribution in [0.3, 0.4) is 0 Å². The highest BCUT2D eigenvalue weighted by atomic mass is 32.1. The molecule has 0 atom stereocenters. The Morgan fingerprint density at radius 3 is 2.92 bits per heavy atom. The van der Waals surface area contributed by atoms with Crippen LogP contribution in [0.5, 0.6) is 0 Å². The number of allylic oxidation sites excluding steroid dienone is 1. The van der Waals surface area contributed by atoms with Gasteiger partial charge in [0.1, 0.15) is 0 Å². The Hall–Kier alpha value is -1.16. The molecule has 0 aromatic carbocycles. The van der Waals surface area contributed by atoms with Crippen molar-refractivity contribution in [2.45, 2.75) is 13.8 Å². The van der Waals surface area contributed by atoms with Crippen LogP contribution in [0.15, 0.2) is 11.8 Å². The molecule has 64 valence electrons. The van der Waals surface area contributed by atoms with Gasteiger partial charge >= 0.3 is 0 Å². The topological polar surface area (TPSA) is 48.9 Å². The Balaban J connectivity index is 3.18. The van der Waals surface area contributed by atoms with Crippen LogP contribution in [-0.4, -0.2) is 15.1 Å². The molecule has 0 amide bonds. The predicted molar refractivity (Wildman–Crippen MR) is 50.4 cm³/mol. The number of aromatic amines is 1. The Morgan fingerprint density at radius 2 is 2.42 bits per heavy atom. The van der Waals surface area contributed by atoms with Gasteiger partial charge in [0.05, 0.1) is 11.5 Å². The second-order valence-corrected chi connectivity index (χ2v) is 2.97. The van der Waals surface area contributed by atoms with Gasteiger partial charge in [-0.05, 0) is 32.1 Å². The fraction of sp³-hybridized carbons (Fsp3) is 0.250. The zero-order chi connectivity index (χ0) is 9.14. The van der Waals surface area contributed by atoms with Gasteiger partial charge in [-0.2, -0.15) is 0 Å². The van der Waals surface area contributed by atoms with E-state index in [-0.39, 0.29) is 5.76 Å². The third kappa shape index (κ3) is 2.47. The van der Waals surface area contributed by atoms with Crippen molar-refractivity contribution in [3.05, 3.63) is 28.0 Å². The lowest BCUT2D eigenvalue weighted by atomic mass is 10.3. The summed E-state index contributed by atoms with van der Waals surface area (Å²) in [6, 6.07) is 1.82. The van der Waals surface area contributed by atoms with E-state index in [0.717, 1.165) is 5.69 Å². The summed E-state index contributed by atoms with van der Waals surface area (Å²) in [5.74, 6) is 0.225. The van der Waals surface area contributed by atoms with Gasteiger partial charge in [0.15, 0.2) is 4.77 Å². The van der Waals surface area contributed by atoms with E-state index in [0.29, 0.717) is 10.5 Å². The summed E-state index contributed by atoms with van der Waals surface area (Å²) in [4.78, 5) is 6.87. The molecule has 3 nitrogen and oxygen atoms in total. The first-order chi connectivity index (χ1) is 5.58. The Bertz CT molecular complexity index is 364. The maximum Gasteiger partial charge on any atom is 0.197 e. The number of rotatable bonds is 1. The maximum absolute atomic E-state index is 8.96. The van der Waals surface area contributed by atoms with Gasteiger partial charge in [-0.3, -0.25) is 0 Å². The van der Waals surface area contributed by atoms with E-state index in [9.17, 15) is 0 Å². The summed E-state index contributed by atoms with van der Waals surface area (Å²) in [6.07, 6.45) is 1.57. The number of hydrogen-bond donors (Lipinski definition) is 2. The first kappa shape index (κ1) is 8.93. The number of aliphatic hydroxyl groups excluding tert-OH is 1. The monoisotopic (exact) mass is 182 g/mol. The summed E-state index contributed by atoms with van der Waals surface area (Å²) in [6.45, 7) is 3.48. The fourth-order valence-electron chi connectivity index (χ4n) is 0.892. The summed E-state index contributed by atoms with van der Waals surface area (Å²) >= 11 is 4.86. The van der Waals surface area contributed by atoms with Crippen LogP contribution in [-0.2, 0) is 0 Å². The van der Waals surface area contributed by atoms with E-state index >= 15 is 0 Å². The minimum atomic E-state index is 0.225. The standard InChI is InChI=1S/C8H10N2OS/c1-5-3-7(4-6(2)11)10-8(12)9-5/h3-4,11H,1-2H3,(H,9,10,12). The van der Waals surface area contributed by atoms with Gasteiger partial charge in [0.25, 0.3) is 0 Å². The number of aryl methyl sites for hydroxylation is 1. The van der Waals surface area contributed by atoms with E-state index in [4.69, 9.17) is 17.3 Å². The molecular formula is C8H10N2OS. The quantitative estimate of drug-likeness (QED) is 0.518. The Morgan fingerprint density at radius 1 is 1.75 bits per heavy atom. The minimum absolute atomic E-state index is 0.225. The molecule has 0 radical (unpaired) electrons. The lowest BCUT2D eigenvalue weighted by Gasteiger charge is -1.96. The molecule has 0 saturated carbocycles.